The Balaban J connectivity index is 2.28. The Bertz CT molecular complexity index is 393. The number of hydrogen-bond acceptors (Lipinski definition) is 4. The predicted octanol–water partition coefficient (Wildman–Crippen LogP) is 2.17. The van der Waals surface area contributed by atoms with E-state index in [-0.39, 0.29) is 11.6 Å². The lowest BCUT2D eigenvalue weighted by atomic mass is 9.75. The standard InChI is InChI=1S/C12H21BrN4O/c1-8-4-6-12(18-3,7-5-8)10(14)9-11(13)15-16-17(9)2/h8,10H,4-7,14H2,1-3H3. The van der Waals surface area contributed by atoms with Crippen LogP contribution in [0.5, 0.6) is 0 Å². The summed E-state index contributed by atoms with van der Waals surface area (Å²) in [5, 5.41) is 8.00. The first-order valence-electron chi connectivity index (χ1n) is 6.36. The molecule has 6 heteroatoms. The summed E-state index contributed by atoms with van der Waals surface area (Å²) >= 11 is 3.42. The van der Waals surface area contributed by atoms with Crippen LogP contribution in [-0.2, 0) is 11.8 Å². The second kappa shape index (κ2) is 5.27. The first-order chi connectivity index (χ1) is 8.50. The Morgan fingerprint density at radius 1 is 1.50 bits per heavy atom. The van der Waals surface area contributed by atoms with E-state index in [0.29, 0.717) is 4.60 Å². The van der Waals surface area contributed by atoms with E-state index in [2.05, 4.69) is 33.2 Å². The fraction of sp³-hybridized carbons (Fsp3) is 0.833. The molecule has 0 spiro atoms. The molecule has 0 aliphatic heterocycles. The average molecular weight is 317 g/mol. The van der Waals surface area contributed by atoms with Crippen molar-refractivity contribution >= 4 is 15.9 Å². The number of methoxy groups -OCH3 is 1. The molecular formula is C12H21BrN4O. The minimum atomic E-state index is -0.287. The Hall–Kier alpha value is -0.460. The molecule has 0 aromatic carbocycles. The van der Waals surface area contributed by atoms with Crippen LogP contribution in [0.2, 0.25) is 0 Å². The first kappa shape index (κ1) is 14.0. The van der Waals surface area contributed by atoms with Crippen molar-refractivity contribution in [2.45, 2.75) is 44.2 Å². The largest absolute Gasteiger partial charge is 0.376 e. The molecule has 1 saturated carbocycles. The number of nitrogens with two attached hydrogens (primary N) is 1. The SMILES string of the molecule is COC1(C(N)c2c(Br)nnn2C)CCC(C)CC1. The fourth-order valence-corrected chi connectivity index (χ4v) is 3.39. The van der Waals surface area contributed by atoms with Crippen molar-refractivity contribution in [3.05, 3.63) is 10.3 Å². The van der Waals surface area contributed by atoms with Crippen LogP contribution in [0.3, 0.4) is 0 Å². The van der Waals surface area contributed by atoms with Gasteiger partial charge in [0.25, 0.3) is 0 Å². The van der Waals surface area contributed by atoms with Gasteiger partial charge in [-0.2, -0.15) is 0 Å². The summed E-state index contributed by atoms with van der Waals surface area (Å²) in [6, 6.07) is -0.204. The van der Waals surface area contributed by atoms with E-state index in [4.69, 9.17) is 10.5 Å². The van der Waals surface area contributed by atoms with Gasteiger partial charge in [-0.25, -0.2) is 4.68 Å². The van der Waals surface area contributed by atoms with Gasteiger partial charge in [0, 0.05) is 14.2 Å². The van der Waals surface area contributed by atoms with E-state index in [1.54, 1.807) is 11.8 Å². The monoisotopic (exact) mass is 316 g/mol. The summed E-state index contributed by atoms with van der Waals surface area (Å²) in [6.45, 7) is 2.28. The van der Waals surface area contributed by atoms with Crippen LogP contribution >= 0.6 is 15.9 Å². The molecule has 1 atom stereocenters. The highest BCUT2D eigenvalue weighted by atomic mass is 79.9. The molecule has 1 unspecified atom stereocenters. The third-order valence-electron chi connectivity index (χ3n) is 4.22. The maximum atomic E-state index is 6.45. The molecule has 1 aromatic rings. The van der Waals surface area contributed by atoms with Crippen LogP contribution in [0.15, 0.2) is 4.60 Å². The van der Waals surface area contributed by atoms with E-state index in [1.807, 2.05) is 7.05 Å². The van der Waals surface area contributed by atoms with Crippen LogP contribution in [0.25, 0.3) is 0 Å². The molecule has 0 bridgehead atoms. The van der Waals surface area contributed by atoms with Gasteiger partial charge in [-0.3, -0.25) is 0 Å². The molecule has 2 N–H and O–H groups in total. The van der Waals surface area contributed by atoms with Crippen LogP contribution in [0.1, 0.15) is 44.3 Å². The quantitative estimate of drug-likeness (QED) is 0.928. The zero-order valence-corrected chi connectivity index (χ0v) is 12.8. The second-order valence-electron chi connectivity index (χ2n) is 5.32. The molecule has 2 rings (SSSR count). The smallest absolute Gasteiger partial charge is 0.153 e. The van der Waals surface area contributed by atoms with Crippen molar-refractivity contribution in [3.63, 3.8) is 0 Å². The van der Waals surface area contributed by atoms with Gasteiger partial charge >= 0.3 is 0 Å². The highest BCUT2D eigenvalue weighted by molar-refractivity contribution is 9.10. The molecule has 0 saturated heterocycles. The maximum absolute atomic E-state index is 6.45. The van der Waals surface area contributed by atoms with E-state index in [0.717, 1.165) is 37.3 Å². The summed E-state index contributed by atoms with van der Waals surface area (Å²) in [4.78, 5) is 0. The molecule has 1 fully saturated rings. The van der Waals surface area contributed by atoms with Gasteiger partial charge < -0.3 is 10.5 Å². The molecule has 102 valence electrons. The van der Waals surface area contributed by atoms with Gasteiger partial charge in [0.15, 0.2) is 4.60 Å². The van der Waals surface area contributed by atoms with Crippen molar-refractivity contribution in [2.24, 2.45) is 18.7 Å². The first-order valence-corrected chi connectivity index (χ1v) is 7.15. The number of rotatable bonds is 3. The predicted molar refractivity (Wildman–Crippen MR) is 73.0 cm³/mol. The number of halogens is 1. The summed E-state index contributed by atoms with van der Waals surface area (Å²) in [6.07, 6.45) is 4.29. The summed E-state index contributed by atoms with van der Waals surface area (Å²) in [5.74, 6) is 0.758. The zero-order valence-electron chi connectivity index (χ0n) is 11.2. The van der Waals surface area contributed by atoms with E-state index < -0.39 is 0 Å². The fourth-order valence-electron chi connectivity index (χ4n) is 2.81. The molecule has 0 amide bonds. The highest BCUT2D eigenvalue weighted by Gasteiger charge is 2.42. The molecule has 18 heavy (non-hydrogen) atoms. The van der Waals surface area contributed by atoms with Crippen LogP contribution < -0.4 is 5.73 Å². The van der Waals surface area contributed by atoms with Crippen molar-refractivity contribution < 1.29 is 4.74 Å². The molecule has 1 aliphatic rings. The van der Waals surface area contributed by atoms with Gasteiger partial charge in [0.1, 0.15) is 0 Å². The number of aromatic nitrogens is 3. The minimum absolute atomic E-state index is 0.204. The Morgan fingerprint density at radius 3 is 2.56 bits per heavy atom. The third-order valence-corrected chi connectivity index (χ3v) is 4.78. The summed E-state index contributed by atoms with van der Waals surface area (Å²) in [7, 11) is 3.62. The lowest BCUT2D eigenvalue weighted by molar-refractivity contribution is -0.0688. The van der Waals surface area contributed by atoms with Crippen molar-refractivity contribution in [1.29, 1.82) is 0 Å². The van der Waals surface area contributed by atoms with Gasteiger partial charge in [0.05, 0.1) is 17.3 Å². The second-order valence-corrected chi connectivity index (χ2v) is 6.07. The molecule has 1 heterocycles. The van der Waals surface area contributed by atoms with Crippen molar-refractivity contribution in [1.82, 2.24) is 15.0 Å². The molecule has 1 aliphatic carbocycles. The Kier molecular flexibility index (Phi) is 4.08. The normalized spacial score (nSPS) is 30.4. The zero-order chi connectivity index (χ0) is 13.3. The molecule has 1 aromatic heterocycles. The van der Waals surface area contributed by atoms with E-state index in [1.165, 1.54) is 0 Å². The van der Waals surface area contributed by atoms with Crippen molar-refractivity contribution in [2.75, 3.05) is 7.11 Å². The average Bonchev–Trinajstić information content (AvgIpc) is 2.70. The summed E-state index contributed by atoms with van der Waals surface area (Å²) in [5.41, 5.74) is 7.07. The number of ether oxygens (including phenoxy) is 1. The van der Waals surface area contributed by atoms with Gasteiger partial charge in [-0.1, -0.05) is 12.1 Å². The lowest BCUT2D eigenvalue weighted by Crippen LogP contribution is -2.46. The minimum Gasteiger partial charge on any atom is -0.376 e. The van der Waals surface area contributed by atoms with Gasteiger partial charge in [0.2, 0.25) is 0 Å². The Labute approximate surface area is 116 Å². The van der Waals surface area contributed by atoms with Crippen LogP contribution in [0, 0.1) is 5.92 Å². The summed E-state index contributed by atoms with van der Waals surface area (Å²) < 4.78 is 8.25. The number of aryl methyl sites for hydroxylation is 1. The van der Waals surface area contributed by atoms with Crippen LogP contribution in [-0.4, -0.2) is 27.7 Å². The highest BCUT2D eigenvalue weighted by Crippen LogP contribution is 2.42. The maximum Gasteiger partial charge on any atom is 0.153 e. The third kappa shape index (κ3) is 2.33. The van der Waals surface area contributed by atoms with E-state index >= 15 is 0 Å². The van der Waals surface area contributed by atoms with Gasteiger partial charge in [-0.05, 0) is 47.5 Å². The number of nitrogens with zero attached hydrogens (tertiary/aromatic N) is 3. The lowest BCUT2D eigenvalue weighted by Gasteiger charge is -2.42. The molecule has 0 radical (unpaired) electrons. The van der Waals surface area contributed by atoms with E-state index in [9.17, 15) is 0 Å². The molecular weight excluding hydrogens is 296 g/mol. The topological polar surface area (TPSA) is 66.0 Å². The Morgan fingerprint density at radius 2 is 2.11 bits per heavy atom. The number of hydrogen-bond donors (Lipinski definition) is 1. The molecule has 5 nitrogen and oxygen atoms in total. The van der Waals surface area contributed by atoms with Crippen molar-refractivity contribution in [3.8, 4) is 0 Å². The van der Waals surface area contributed by atoms with Crippen LogP contribution in [0.4, 0.5) is 0 Å². The van der Waals surface area contributed by atoms with Gasteiger partial charge in [-0.15, -0.1) is 5.10 Å².